The minimum atomic E-state index is -0.0644. The number of nitrogens with one attached hydrogen (secondary N) is 2. The molecular formula is C22H25N5O2. The summed E-state index contributed by atoms with van der Waals surface area (Å²) in [6.45, 7) is 1.28. The number of aromatic nitrogens is 3. The van der Waals surface area contributed by atoms with Crippen LogP contribution in [0.3, 0.4) is 0 Å². The van der Waals surface area contributed by atoms with Gasteiger partial charge in [0.05, 0.1) is 29.1 Å². The Hall–Kier alpha value is -2.70. The Morgan fingerprint density at radius 2 is 2.07 bits per heavy atom. The molecule has 0 aromatic carbocycles. The number of H-pyrrole nitrogens is 1. The first kappa shape index (κ1) is 17.2. The van der Waals surface area contributed by atoms with Gasteiger partial charge in [0.2, 0.25) is 0 Å². The van der Waals surface area contributed by atoms with Crippen molar-refractivity contribution in [3.05, 3.63) is 46.5 Å². The number of aryl methyl sites for hydroxylation is 2. The fourth-order valence-corrected chi connectivity index (χ4v) is 5.11. The Bertz CT molecular complexity index is 1000. The summed E-state index contributed by atoms with van der Waals surface area (Å²) in [5.74, 6) is 0.421. The van der Waals surface area contributed by atoms with Crippen molar-refractivity contribution in [2.45, 2.75) is 56.9 Å². The molecule has 2 saturated carbocycles. The number of carbonyl (C=O) groups is 2. The van der Waals surface area contributed by atoms with Gasteiger partial charge >= 0.3 is 0 Å². The third kappa shape index (κ3) is 2.86. The summed E-state index contributed by atoms with van der Waals surface area (Å²) >= 11 is 0. The van der Waals surface area contributed by atoms with Crippen molar-refractivity contribution in [2.75, 3.05) is 13.1 Å². The van der Waals surface area contributed by atoms with E-state index >= 15 is 0 Å². The molecule has 2 N–H and O–H groups in total. The lowest BCUT2D eigenvalue weighted by Crippen LogP contribution is -2.42. The topological polar surface area (TPSA) is 91.0 Å². The highest BCUT2D eigenvalue weighted by atomic mass is 16.2. The molecular weight excluding hydrogens is 366 g/mol. The second kappa shape index (κ2) is 6.15. The molecule has 0 radical (unpaired) electrons. The number of fused-ring (bicyclic) bond motifs is 1. The molecule has 4 aliphatic rings. The van der Waals surface area contributed by atoms with Crippen LogP contribution >= 0.6 is 0 Å². The van der Waals surface area contributed by atoms with Gasteiger partial charge in [-0.15, -0.1) is 0 Å². The predicted molar refractivity (Wildman–Crippen MR) is 106 cm³/mol. The van der Waals surface area contributed by atoms with Gasteiger partial charge in [0.15, 0.2) is 0 Å². The number of likely N-dealkylation sites (tertiary alicyclic amines) is 1. The number of carbonyl (C=O) groups excluding carboxylic acids is 2. The largest absolute Gasteiger partial charge is 0.347 e. The first-order valence-electron chi connectivity index (χ1n) is 10.7. The second-order valence-electron chi connectivity index (χ2n) is 9.23. The molecule has 3 aliphatic carbocycles. The summed E-state index contributed by atoms with van der Waals surface area (Å²) in [5.41, 5.74) is 4.70. The van der Waals surface area contributed by atoms with Crippen LogP contribution in [0.25, 0.3) is 0 Å². The van der Waals surface area contributed by atoms with Crippen molar-refractivity contribution in [3.63, 3.8) is 0 Å². The summed E-state index contributed by atoms with van der Waals surface area (Å²) in [6.07, 6.45) is 10.9. The zero-order valence-corrected chi connectivity index (χ0v) is 16.4. The van der Waals surface area contributed by atoms with Crippen molar-refractivity contribution in [3.8, 4) is 0 Å². The van der Waals surface area contributed by atoms with E-state index in [1.807, 2.05) is 11.0 Å². The summed E-state index contributed by atoms with van der Waals surface area (Å²) in [5, 5.41) is 10.3. The van der Waals surface area contributed by atoms with Gasteiger partial charge in [-0.3, -0.25) is 19.7 Å². The van der Waals surface area contributed by atoms with Crippen LogP contribution in [-0.4, -0.2) is 51.0 Å². The third-order valence-electron chi connectivity index (χ3n) is 7.20. The monoisotopic (exact) mass is 391 g/mol. The average molecular weight is 391 g/mol. The highest BCUT2D eigenvalue weighted by Crippen LogP contribution is 2.53. The summed E-state index contributed by atoms with van der Waals surface area (Å²) in [6, 6.07) is 2.03. The molecule has 2 aromatic heterocycles. The van der Waals surface area contributed by atoms with Crippen LogP contribution in [0.2, 0.25) is 0 Å². The van der Waals surface area contributed by atoms with Crippen LogP contribution < -0.4 is 5.32 Å². The van der Waals surface area contributed by atoms with Crippen LogP contribution in [0.1, 0.15) is 75.7 Å². The van der Waals surface area contributed by atoms with E-state index in [1.165, 1.54) is 5.56 Å². The van der Waals surface area contributed by atoms with Gasteiger partial charge < -0.3 is 10.2 Å². The zero-order valence-electron chi connectivity index (χ0n) is 16.4. The standard InChI is InChI=1S/C22H25N5O2/c28-20(16-10-24-26-19(16)13-4-5-13)25-18-11-27(12-22(18)6-7-22)21(29)15-8-14-2-1-3-17(14)23-9-15/h8-10,13,18H,1-7,11-12H2,(H,24,26)(H,25,28). The first-order valence-corrected chi connectivity index (χ1v) is 10.7. The Morgan fingerprint density at radius 1 is 1.21 bits per heavy atom. The molecule has 0 bridgehead atoms. The van der Waals surface area contributed by atoms with Crippen molar-refractivity contribution < 1.29 is 9.59 Å². The number of rotatable bonds is 4. The molecule has 29 heavy (non-hydrogen) atoms. The molecule has 2 aromatic rings. The van der Waals surface area contributed by atoms with E-state index in [4.69, 9.17) is 0 Å². The maximum atomic E-state index is 13.1. The van der Waals surface area contributed by atoms with Crippen LogP contribution in [0.15, 0.2) is 18.5 Å². The predicted octanol–water partition coefficient (Wildman–Crippen LogP) is 2.21. The van der Waals surface area contributed by atoms with Gasteiger partial charge in [0, 0.05) is 36.3 Å². The normalized spacial score (nSPS) is 24.0. The van der Waals surface area contributed by atoms with E-state index < -0.39 is 0 Å². The Kier molecular flexibility index (Phi) is 3.64. The van der Waals surface area contributed by atoms with E-state index in [0.29, 0.717) is 30.1 Å². The lowest BCUT2D eigenvalue weighted by molar-refractivity contribution is 0.0779. The highest BCUT2D eigenvalue weighted by Gasteiger charge is 2.56. The molecule has 3 fully saturated rings. The van der Waals surface area contributed by atoms with Crippen molar-refractivity contribution in [2.24, 2.45) is 5.41 Å². The summed E-state index contributed by atoms with van der Waals surface area (Å²) < 4.78 is 0. The third-order valence-corrected chi connectivity index (χ3v) is 7.20. The van der Waals surface area contributed by atoms with Gasteiger partial charge in [0.1, 0.15) is 0 Å². The maximum absolute atomic E-state index is 13.1. The van der Waals surface area contributed by atoms with Gasteiger partial charge in [0.25, 0.3) is 11.8 Å². The molecule has 1 spiro atoms. The fraction of sp³-hybridized carbons (Fsp3) is 0.545. The molecule has 3 heterocycles. The minimum absolute atomic E-state index is 0.00305. The van der Waals surface area contributed by atoms with E-state index in [9.17, 15) is 9.59 Å². The number of nitrogens with zero attached hydrogens (tertiary/aromatic N) is 3. The van der Waals surface area contributed by atoms with Crippen LogP contribution in [0.5, 0.6) is 0 Å². The van der Waals surface area contributed by atoms with Crippen molar-refractivity contribution in [1.82, 2.24) is 25.4 Å². The van der Waals surface area contributed by atoms with Crippen LogP contribution in [-0.2, 0) is 12.8 Å². The fourth-order valence-electron chi connectivity index (χ4n) is 5.11. The summed E-state index contributed by atoms with van der Waals surface area (Å²) in [7, 11) is 0. The number of hydrogen-bond donors (Lipinski definition) is 2. The molecule has 1 saturated heterocycles. The van der Waals surface area contributed by atoms with E-state index in [0.717, 1.165) is 56.3 Å². The van der Waals surface area contributed by atoms with Crippen molar-refractivity contribution >= 4 is 11.8 Å². The van der Waals surface area contributed by atoms with Gasteiger partial charge in [-0.1, -0.05) is 0 Å². The van der Waals surface area contributed by atoms with Crippen LogP contribution in [0, 0.1) is 5.41 Å². The molecule has 1 unspecified atom stereocenters. The Morgan fingerprint density at radius 3 is 2.86 bits per heavy atom. The number of hydrogen-bond acceptors (Lipinski definition) is 4. The number of aromatic amines is 1. The maximum Gasteiger partial charge on any atom is 0.255 e. The lowest BCUT2D eigenvalue weighted by Gasteiger charge is -2.18. The number of amides is 2. The molecule has 7 heteroatoms. The highest BCUT2D eigenvalue weighted by molar-refractivity contribution is 5.96. The first-order chi connectivity index (χ1) is 14.1. The van der Waals surface area contributed by atoms with Crippen LogP contribution in [0.4, 0.5) is 0 Å². The quantitative estimate of drug-likeness (QED) is 0.836. The van der Waals surface area contributed by atoms with Gasteiger partial charge in [-0.2, -0.15) is 5.10 Å². The summed E-state index contributed by atoms with van der Waals surface area (Å²) in [4.78, 5) is 32.5. The zero-order chi connectivity index (χ0) is 19.6. The molecule has 6 rings (SSSR count). The Labute approximate surface area is 169 Å². The SMILES string of the molecule is O=C(NC1CN(C(=O)c2cnc3c(c2)CCC3)CC12CC2)c1cn[nH]c1C1CC1. The molecule has 7 nitrogen and oxygen atoms in total. The average Bonchev–Trinajstić information content (AvgIpc) is 3.56. The van der Waals surface area contributed by atoms with E-state index in [2.05, 4.69) is 20.5 Å². The smallest absolute Gasteiger partial charge is 0.255 e. The van der Waals surface area contributed by atoms with E-state index in [1.54, 1.807) is 12.4 Å². The van der Waals surface area contributed by atoms with Crippen molar-refractivity contribution in [1.29, 1.82) is 0 Å². The molecule has 2 amide bonds. The molecule has 1 atom stereocenters. The number of pyridine rings is 1. The molecule has 1 aliphatic heterocycles. The second-order valence-corrected chi connectivity index (χ2v) is 9.23. The van der Waals surface area contributed by atoms with Gasteiger partial charge in [-0.05, 0) is 56.6 Å². The minimum Gasteiger partial charge on any atom is -0.347 e. The lowest BCUT2D eigenvalue weighted by atomic mass is 10.0. The van der Waals surface area contributed by atoms with Gasteiger partial charge in [-0.25, -0.2) is 0 Å². The Balaban J connectivity index is 1.18. The van der Waals surface area contributed by atoms with E-state index in [-0.39, 0.29) is 23.3 Å². The molecule has 150 valence electrons.